The maximum atomic E-state index is 12.1. The Morgan fingerprint density at radius 3 is 2.42 bits per heavy atom. The second-order valence-electron chi connectivity index (χ2n) is 3.74. The van der Waals surface area contributed by atoms with Crippen LogP contribution in [0, 0.1) is 0 Å². The molecule has 2 nitrogen and oxygen atoms in total. The molecule has 1 N–H and O–H groups in total. The smallest absolute Gasteiger partial charge is 0.255 e. The predicted octanol–water partition coefficient (Wildman–Crippen LogP) is 5.77. The lowest BCUT2D eigenvalue weighted by atomic mass is 10.2. The molecule has 2 aromatic carbocycles. The molecule has 0 saturated heterocycles. The SMILES string of the molecule is O=C(Nc1cc(Br)ccc1Cl)c1cc(Cl)cc(Br)c1. The summed E-state index contributed by atoms with van der Waals surface area (Å²) in [7, 11) is 0. The first-order valence-electron chi connectivity index (χ1n) is 5.18. The van der Waals surface area contributed by atoms with Crippen molar-refractivity contribution in [1.82, 2.24) is 0 Å². The number of nitrogens with one attached hydrogen (secondary N) is 1. The molecule has 2 aromatic rings. The highest BCUT2D eigenvalue weighted by atomic mass is 79.9. The van der Waals surface area contributed by atoms with Crippen LogP contribution in [0.3, 0.4) is 0 Å². The van der Waals surface area contributed by atoms with Gasteiger partial charge in [-0.3, -0.25) is 4.79 Å². The molecular weight excluding hydrogens is 417 g/mol. The van der Waals surface area contributed by atoms with Crippen molar-refractivity contribution in [3.8, 4) is 0 Å². The Labute approximate surface area is 137 Å². The van der Waals surface area contributed by atoms with Gasteiger partial charge in [0.25, 0.3) is 5.91 Å². The first kappa shape index (κ1) is 14.9. The van der Waals surface area contributed by atoms with Crippen LogP contribution in [-0.4, -0.2) is 5.91 Å². The van der Waals surface area contributed by atoms with Crippen molar-refractivity contribution in [2.24, 2.45) is 0 Å². The highest BCUT2D eigenvalue weighted by Gasteiger charge is 2.10. The van der Waals surface area contributed by atoms with Crippen molar-refractivity contribution in [2.45, 2.75) is 0 Å². The zero-order chi connectivity index (χ0) is 14.0. The van der Waals surface area contributed by atoms with Crippen molar-refractivity contribution < 1.29 is 4.79 Å². The summed E-state index contributed by atoms with van der Waals surface area (Å²) in [5, 5.41) is 3.70. The number of halogens is 4. The fourth-order valence-corrected chi connectivity index (χ4v) is 2.86. The lowest BCUT2D eigenvalue weighted by Gasteiger charge is -2.08. The number of amides is 1. The summed E-state index contributed by atoms with van der Waals surface area (Å²) in [4.78, 5) is 12.1. The third-order valence-electron chi connectivity index (χ3n) is 2.30. The van der Waals surface area contributed by atoms with Crippen LogP contribution in [0.1, 0.15) is 10.4 Å². The van der Waals surface area contributed by atoms with Crippen molar-refractivity contribution in [3.63, 3.8) is 0 Å². The number of carbonyl (C=O) groups excluding carboxylic acids is 1. The Kier molecular flexibility index (Phi) is 4.90. The van der Waals surface area contributed by atoms with Crippen LogP contribution in [0.15, 0.2) is 45.3 Å². The summed E-state index contributed by atoms with van der Waals surface area (Å²) in [5.74, 6) is -0.275. The van der Waals surface area contributed by atoms with Crippen LogP contribution >= 0.6 is 55.1 Å². The molecule has 1 amide bonds. The largest absolute Gasteiger partial charge is 0.321 e. The number of benzene rings is 2. The molecule has 0 aliphatic rings. The van der Waals surface area contributed by atoms with Crippen LogP contribution < -0.4 is 5.32 Å². The third-order valence-corrected chi connectivity index (χ3v) is 3.80. The van der Waals surface area contributed by atoms with Crippen LogP contribution in [-0.2, 0) is 0 Å². The predicted molar refractivity (Wildman–Crippen MR) is 86.3 cm³/mol. The molecule has 0 atom stereocenters. The van der Waals surface area contributed by atoms with E-state index >= 15 is 0 Å². The molecule has 0 aromatic heterocycles. The van der Waals surface area contributed by atoms with E-state index in [9.17, 15) is 4.79 Å². The van der Waals surface area contributed by atoms with E-state index in [1.54, 1.807) is 36.4 Å². The van der Waals surface area contributed by atoms with Crippen molar-refractivity contribution in [1.29, 1.82) is 0 Å². The second-order valence-corrected chi connectivity index (χ2v) is 6.41. The molecule has 0 aliphatic heterocycles. The monoisotopic (exact) mass is 421 g/mol. The van der Waals surface area contributed by atoms with Gasteiger partial charge in [-0.05, 0) is 36.4 Å². The van der Waals surface area contributed by atoms with Crippen LogP contribution in [0.4, 0.5) is 5.69 Å². The molecule has 0 heterocycles. The van der Waals surface area contributed by atoms with Gasteiger partial charge in [-0.15, -0.1) is 0 Å². The minimum Gasteiger partial charge on any atom is -0.321 e. The van der Waals surface area contributed by atoms with E-state index in [0.717, 1.165) is 8.95 Å². The van der Waals surface area contributed by atoms with E-state index in [0.29, 0.717) is 21.3 Å². The van der Waals surface area contributed by atoms with Gasteiger partial charge in [0.2, 0.25) is 0 Å². The zero-order valence-electron chi connectivity index (χ0n) is 9.38. The Bertz CT molecular complexity index is 626. The third kappa shape index (κ3) is 3.96. The van der Waals surface area contributed by atoms with Crippen LogP contribution in [0.25, 0.3) is 0 Å². The highest BCUT2D eigenvalue weighted by molar-refractivity contribution is 9.10. The molecule has 0 spiro atoms. The Hall–Kier alpha value is -0.550. The van der Waals surface area contributed by atoms with Gasteiger partial charge in [0.15, 0.2) is 0 Å². The maximum absolute atomic E-state index is 12.1. The molecule has 2 rings (SSSR count). The van der Waals surface area contributed by atoms with Crippen molar-refractivity contribution in [2.75, 3.05) is 5.32 Å². The second kappa shape index (κ2) is 6.27. The quantitative estimate of drug-likeness (QED) is 0.652. The molecule has 6 heteroatoms. The topological polar surface area (TPSA) is 29.1 Å². The van der Waals surface area contributed by atoms with E-state index in [1.165, 1.54) is 0 Å². The highest BCUT2D eigenvalue weighted by Crippen LogP contribution is 2.27. The lowest BCUT2D eigenvalue weighted by molar-refractivity contribution is 0.102. The first-order valence-corrected chi connectivity index (χ1v) is 7.52. The summed E-state index contributed by atoms with van der Waals surface area (Å²) in [6, 6.07) is 10.2. The Morgan fingerprint density at radius 2 is 1.74 bits per heavy atom. The number of rotatable bonds is 2. The summed E-state index contributed by atoms with van der Waals surface area (Å²) in [5.41, 5.74) is 0.993. The van der Waals surface area contributed by atoms with Crippen molar-refractivity contribution >= 4 is 66.7 Å². The standard InChI is InChI=1S/C13H7Br2Cl2NO/c14-8-1-2-11(17)12(6-8)18-13(19)7-3-9(15)5-10(16)4-7/h1-6H,(H,18,19). The minimum atomic E-state index is -0.275. The lowest BCUT2D eigenvalue weighted by Crippen LogP contribution is -2.12. The van der Waals surface area contributed by atoms with E-state index in [4.69, 9.17) is 23.2 Å². The average Bonchev–Trinajstić information content (AvgIpc) is 2.32. The number of hydrogen-bond acceptors (Lipinski definition) is 1. The molecule has 0 fully saturated rings. The summed E-state index contributed by atoms with van der Waals surface area (Å²) >= 11 is 18.6. The molecule has 0 radical (unpaired) electrons. The van der Waals surface area contributed by atoms with Crippen LogP contribution in [0.5, 0.6) is 0 Å². The molecule has 0 bridgehead atoms. The van der Waals surface area contributed by atoms with E-state index < -0.39 is 0 Å². The van der Waals surface area contributed by atoms with Crippen LogP contribution in [0.2, 0.25) is 10.0 Å². The number of carbonyl (C=O) groups is 1. The van der Waals surface area contributed by atoms with Gasteiger partial charge in [-0.25, -0.2) is 0 Å². The van der Waals surface area contributed by atoms with E-state index in [1.807, 2.05) is 0 Å². The van der Waals surface area contributed by atoms with Gasteiger partial charge in [-0.1, -0.05) is 55.1 Å². The Morgan fingerprint density at radius 1 is 1.00 bits per heavy atom. The summed E-state index contributed by atoms with van der Waals surface area (Å²) in [6.45, 7) is 0. The van der Waals surface area contributed by atoms with E-state index in [-0.39, 0.29) is 5.91 Å². The molecule has 0 unspecified atom stereocenters. The Balaban J connectivity index is 2.28. The van der Waals surface area contributed by atoms with Gasteiger partial charge in [0.1, 0.15) is 0 Å². The minimum absolute atomic E-state index is 0.275. The van der Waals surface area contributed by atoms with Gasteiger partial charge < -0.3 is 5.32 Å². The van der Waals surface area contributed by atoms with Crippen molar-refractivity contribution in [3.05, 3.63) is 61.0 Å². The zero-order valence-corrected chi connectivity index (χ0v) is 14.1. The fraction of sp³-hybridized carbons (Fsp3) is 0. The normalized spacial score (nSPS) is 10.3. The summed E-state index contributed by atoms with van der Waals surface area (Å²) < 4.78 is 1.57. The molecular formula is C13H7Br2Cl2NO. The van der Waals surface area contributed by atoms with E-state index in [2.05, 4.69) is 37.2 Å². The van der Waals surface area contributed by atoms with Gasteiger partial charge in [-0.2, -0.15) is 0 Å². The molecule has 0 saturated carbocycles. The number of anilines is 1. The fourth-order valence-electron chi connectivity index (χ4n) is 1.47. The molecule has 19 heavy (non-hydrogen) atoms. The first-order chi connectivity index (χ1) is 8.95. The number of hydrogen-bond donors (Lipinski definition) is 1. The van der Waals surface area contributed by atoms with Gasteiger partial charge in [0, 0.05) is 19.5 Å². The van der Waals surface area contributed by atoms with Gasteiger partial charge in [0.05, 0.1) is 10.7 Å². The summed E-state index contributed by atoms with van der Waals surface area (Å²) in [6.07, 6.45) is 0. The van der Waals surface area contributed by atoms with Gasteiger partial charge >= 0.3 is 0 Å². The molecule has 98 valence electrons. The average molecular weight is 424 g/mol. The molecule has 0 aliphatic carbocycles. The maximum Gasteiger partial charge on any atom is 0.255 e.